The van der Waals surface area contributed by atoms with Crippen molar-refractivity contribution in [2.24, 2.45) is 0 Å². The van der Waals surface area contributed by atoms with Gasteiger partial charge in [0, 0.05) is 23.8 Å². The summed E-state index contributed by atoms with van der Waals surface area (Å²) < 4.78 is 1.19. The number of piperidine rings is 1. The molecule has 1 unspecified atom stereocenters. The fourth-order valence-electron chi connectivity index (χ4n) is 2.64. The molecule has 2 heterocycles. The number of likely N-dealkylation sites (N-methyl/N-ethyl adjacent to an activating group) is 1. The van der Waals surface area contributed by atoms with E-state index in [4.69, 9.17) is 0 Å². The molecular weight excluding hydrogens is 292 g/mol. The number of likely N-dealkylation sites (tertiary alicyclic amines) is 1. The molecule has 0 aliphatic carbocycles. The molecule has 1 amide bonds. The molecule has 3 rings (SSSR count). The average Bonchev–Trinajstić information content (AvgIpc) is 2.90. The Morgan fingerprint density at radius 1 is 1.40 bits per heavy atom. The topological polar surface area (TPSA) is 32.3 Å². The van der Waals surface area contributed by atoms with Crippen LogP contribution in [0.4, 0.5) is 0 Å². The molecule has 1 aliphatic rings. The SMILES string of the molecule is CNC1CCCN(C(=O)c2cc3ccccc3s2)C1.Cl. The maximum atomic E-state index is 12.5. The lowest BCUT2D eigenvalue weighted by atomic mass is 10.1. The van der Waals surface area contributed by atoms with E-state index in [0.717, 1.165) is 36.2 Å². The summed E-state index contributed by atoms with van der Waals surface area (Å²) in [6.45, 7) is 1.70. The normalized spacial score (nSPS) is 18.9. The molecule has 0 bridgehead atoms. The molecule has 1 aliphatic heterocycles. The van der Waals surface area contributed by atoms with Crippen LogP contribution in [0.1, 0.15) is 22.5 Å². The quantitative estimate of drug-likeness (QED) is 0.924. The number of benzene rings is 1. The zero-order valence-corrected chi connectivity index (χ0v) is 13.1. The van der Waals surface area contributed by atoms with Crippen molar-refractivity contribution in [2.45, 2.75) is 18.9 Å². The van der Waals surface area contributed by atoms with Gasteiger partial charge in [0.1, 0.15) is 0 Å². The predicted octanol–water partition coefficient (Wildman–Crippen LogP) is 3.15. The van der Waals surface area contributed by atoms with Crippen molar-refractivity contribution in [3.8, 4) is 0 Å². The highest BCUT2D eigenvalue weighted by Crippen LogP contribution is 2.27. The Bertz CT molecular complexity index is 565. The number of halogens is 1. The minimum absolute atomic E-state index is 0. The van der Waals surface area contributed by atoms with Gasteiger partial charge in [-0.25, -0.2) is 0 Å². The van der Waals surface area contributed by atoms with Gasteiger partial charge in [-0.05, 0) is 37.4 Å². The molecule has 1 saturated heterocycles. The van der Waals surface area contributed by atoms with E-state index in [9.17, 15) is 4.79 Å². The van der Waals surface area contributed by atoms with Crippen LogP contribution in [-0.2, 0) is 0 Å². The van der Waals surface area contributed by atoms with E-state index in [0.29, 0.717) is 6.04 Å². The molecule has 1 aromatic heterocycles. The molecule has 1 N–H and O–H groups in total. The Kier molecular flexibility index (Phi) is 5.02. The maximum absolute atomic E-state index is 12.5. The van der Waals surface area contributed by atoms with Crippen LogP contribution in [0, 0.1) is 0 Å². The van der Waals surface area contributed by atoms with Crippen LogP contribution >= 0.6 is 23.7 Å². The van der Waals surface area contributed by atoms with E-state index < -0.39 is 0 Å². The van der Waals surface area contributed by atoms with Gasteiger partial charge in [-0.2, -0.15) is 0 Å². The van der Waals surface area contributed by atoms with E-state index >= 15 is 0 Å². The van der Waals surface area contributed by atoms with Gasteiger partial charge in [-0.15, -0.1) is 23.7 Å². The first-order valence-electron chi connectivity index (χ1n) is 6.73. The van der Waals surface area contributed by atoms with Crippen LogP contribution < -0.4 is 5.32 Å². The summed E-state index contributed by atoms with van der Waals surface area (Å²) in [5.74, 6) is 0.182. The summed E-state index contributed by atoms with van der Waals surface area (Å²) in [4.78, 5) is 15.4. The third-order valence-corrected chi connectivity index (χ3v) is 4.86. The second-order valence-corrected chi connectivity index (χ2v) is 6.11. The minimum Gasteiger partial charge on any atom is -0.336 e. The largest absolute Gasteiger partial charge is 0.336 e. The Hall–Kier alpha value is -1.10. The van der Waals surface area contributed by atoms with Gasteiger partial charge in [-0.3, -0.25) is 4.79 Å². The van der Waals surface area contributed by atoms with Gasteiger partial charge in [0.05, 0.1) is 4.88 Å². The Morgan fingerprint density at radius 2 is 2.20 bits per heavy atom. The van der Waals surface area contributed by atoms with Crippen molar-refractivity contribution in [3.63, 3.8) is 0 Å². The second-order valence-electron chi connectivity index (χ2n) is 5.03. The third kappa shape index (κ3) is 2.97. The summed E-state index contributed by atoms with van der Waals surface area (Å²) in [5, 5.41) is 4.44. The standard InChI is InChI=1S/C15H18N2OS.ClH/c1-16-12-6-4-8-17(10-12)15(18)14-9-11-5-2-3-7-13(11)19-14;/h2-3,5,7,9,12,16H,4,6,8,10H2,1H3;1H. The molecule has 1 fully saturated rings. The molecular formula is C15H19ClN2OS. The van der Waals surface area contributed by atoms with Crippen molar-refractivity contribution in [3.05, 3.63) is 35.2 Å². The lowest BCUT2D eigenvalue weighted by molar-refractivity contribution is 0.0703. The predicted molar refractivity (Wildman–Crippen MR) is 87.1 cm³/mol. The van der Waals surface area contributed by atoms with Crippen LogP contribution in [0.15, 0.2) is 30.3 Å². The van der Waals surface area contributed by atoms with Gasteiger partial charge in [0.15, 0.2) is 0 Å². The highest BCUT2D eigenvalue weighted by Gasteiger charge is 2.24. The first kappa shape index (κ1) is 15.3. The fraction of sp³-hybridized carbons (Fsp3) is 0.400. The van der Waals surface area contributed by atoms with Crippen LogP contribution in [0.5, 0.6) is 0 Å². The summed E-state index contributed by atoms with van der Waals surface area (Å²) in [7, 11) is 1.97. The molecule has 20 heavy (non-hydrogen) atoms. The zero-order chi connectivity index (χ0) is 13.2. The number of carbonyl (C=O) groups is 1. The van der Waals surface area contributed by atoms with Crippen molar-refractivity contribution < 1.29 is 4.79 Å². The summed E-state index contributed by atoms with van der Waals surface area (Å²) >= 11 is 1.60. The summed E-state index contributed by atoms with van der Waals surface area (Å²) in [6, 6.07) is 10.6. The van der Waals surface area contributed by atoms with Gasteiger partial charge in [0.2, 0.25) is 0 Å². The van der Waals surface area contributed by atoms with E-state index in [1.54, 1.807) is 11.3 Å². The Labute approximate surface area is 129 Å². The number of hydrogen-bond acceptors (Lipinski definition) is 3. The number of rotatable bonds is 2. The monoisotopic (exact) mass is 310 g/mol. The van der Waals surface area contributed by atoms with Crippen molar-refractivity contribution >= 4 is 39.7 Å². The van der Waals surface area contributed by atoms with E-state index in [1.165, 1.54) is 4.70 Å². The highest BCUT2D eigenvalue weighted by atomic mass is 35.5. The van der Waals surface area contributed by atoms with Crippen molar-refractivity contribution in [1.82, 2.24) is 10.2 Å². The lowest BCUT2D eigenvalue weighted by Crippen LogP contribution is -2.46. The van der Waals surface area contributed by atoms with E-state index in [-0.39, 0.29) is 18.3 Å². The van der Waals surface area contributed by atoms with Gasteiger partial charge in [-0.1, -0.05) is 18.2 Å². The first-order chi connectivity index (χ1) is 9.28. The lowest BCUT2D eigenvalue weighted by Gasteiger charge is -2.32. The van der Waals surface area contributed by atoms with Crippen molar-refractivity contribution in [2.75, 3.05) is 20.1 Å². The number of thiophene rings is 1. The number of fused-ring (bicyclic) bond motifs is 1. The number of carbonyl (C=O) groups excluding carboxylic acids is 1. The molecule has 1 atom stereocenters. The van der Waals surface area contributed by atoms with Crippen LogP contribution in [0.3, 0.4) is 0 Å². The number of nitrogens with one attached hydrogen (secondary N) is 1. The van der Waals surface area contributed by atoms with Crippen LogP contribution in [0.25, 0.3) is 10.1 Å². The fourth-order valence-corrected chi connectivity index (χ4v) is 3.67. The van der Waals surface area contributed by atoms with E-state index in [2.05, 4.69) is 17.4 Å². The second kappa shape index (κ2) is 6.57. The Balaban J connectivity index is 0.00000147. The third-order valence-electron chi connectivity index (χ3n) is 3.75. The molecule has 3 nitrogen and oxygen atoms in total. The highest BCUT2D eigenvalue weighted by molar-refractivity contribution is 7.20. The smallest absolute Gasteiger partial charge is 0.264 e. The zero-order valence-electron chi connectivity index (χ0n) is 11.5. The molecule has 0 radical (unpaired) electrons. The maximum Gasteiger partial charge on any atom is 0.264 e. The number of nitrogens with zero attached hydrogens (tertiary/aromatic N) is 1. The van der Waals surface area contributed by atoms with Gasteiger partial charge in [0.25, 0.3) is 5.91 Å². The van der Waals surface area contributed by atoms with Crippen LogP contribution in [0.2, 0.25) is 0 Å². The van der Waals surface area contributed by atoms with Gasteiger partial charge < -0.3 is 10.2 Å². The van der Waals surface area contributed by atoms with Crippen molar-refractivity contribution in [1.29, 1.82) is 0 Å². The molecule has 108 valence electrons. The average molecular weight is 311 g/mol. The minimum atomic E-state index is 0. The molecule has 0 saturated carbocycles. The Morgan fingerprint density at radius 3 is 2.95 bits per heavy atom. The summed E-state index contributed by atoms with van der Waals surface area (Å²) in [6.07, 6.45) is 2.24. The number of amides is 1. The van der Waals surface area contributed by atoms with Gasteiger partial charge >= 0.3 is 0 Å². The van der Waals surface area contributed by atoms with E-state index in [1.807, 2.05) is 30.1 Å². The summed E-state index contributed by atoms with van der Waals surface area (Å²) in [5.41, 5.74) is 0. The number of hydrogen-bond donors (Lipinski definition) is 1. The first-order valence-corrected chi connectivity index (χ1v) is 7.54. The molecule has 2 aromatic rings. The molecule has 5 heteroatoms. The molecule has 1 aromatic carbocycles. The van der Waals surface area contributed by atoms with Crippen LogP contribution in [-0.4, -0.2) is 37.0 Å². The molecule has 0 spiro atoms.